The molecule has 2 N–H and O–H groups in total. The van der Waals surface area contributed by atoms with E-state index >= 15 is 0 Å². The van der Waals surface area contributed by atoms with Crippen molar-refractivity contribution in [1.29, 1.82) is 0 Å². The number of benzene rings is 1. The Morgan fingerprint density at radius 3 is 2.57 bits per heavy atom. The minimum atomic E-state index is -4.10. The van der Waals surface area contributed by atoms with Gasteiger partial charge in [0.2, 0.25) is 10.0 Å². The van der Waals surface area contributed by atoms with Crippen LogP contribution in [0.3, 0.4) is 0 Å². The van der Waals surface area contributed by atoms with E-state index in [-0.39, 0.29) is 38.4 Å². The van der Waals surface area contributed by atoms with E-state index in [1.54, 1.807) is 0 Å². The molecule has 1 heterocycles. The molecule has 114 valence electrons. The second kappa shape index (κ2) is 6.49. The van der Waals surface area contributed by atoms with Crippen molar-refractivity contribution in [2.75, 3.05) is 32.8 Å². The predicted octanol–water partition coefficient (Wildman–Crippen LogP) is 0.296. The summed E-state index contributed by atoms with van der Waals surface area (Å²) in [6, 6.07) is 1.42. The third-order valence-corrected chi connectivity index (χ3v) is 4.88. The van der Waals surface area contributed by atoms with E-state index < -0.39 is 26.6 Å². The van der Waals surface area contributed by atoms with E-state index in [4.69, 9.17) is 10.5 Å². The lowest BCUT2D eigenvalue weighted by molar-refractivity contribution is 0.0729. The number of sulfonamides is 1. The SMILES string of the molecule is NCC#Cc1cc(F)cc(F)c1S(=O)(=O)N1CCOCC1. The molecule has 0 aliphatic carbocycles. The number of rotatable bonds is 2. The molecular formula is C13H14F2N2O3S. The first-order valence-corrected chi connectivity index (χ1v) is 7.66. The highest BCUT2D eigenvalue weighted by atomic mass is 32.2. The molecule has 0 unspecified atom stereocenters. The lowest BCUT2D eigenvalue weighted by atomic mass is 10.2. The first kappa shape index (κ1) is 15.9. The summed E-state index contributed by atoms with van der Waals surface area (Å²) in [4.78, 5) is -0.619. The van der Waals surface area contributed by atoms with Crippen LogP contribution in [0.5, 0.6) is 0 Å². The quantitative estimate of drug-likeness (QED) is 0.796. The number of hydrogen-bond donors (Lipinski definition) is 1. The maximum Gasteiger partial charge on any atom is 0.247 e. The van der Waals surface area contributed by atoms with Crippen molar-refractivity contribution >= 4 is 10.0 Å². The largest absolute Gasteiger partial charge is 0.379 e. The van der Waals surface area contributed by atoms with E-state index in [1.807, 2.05) is 0 Å². The van der Waals surface area contributed by atoms with E-state index in [9.17, 15) is 17.2 Å². The molecule has 1 aromatic carbocycles. The Morgan fingerprint density at radius 2 is 1.95 bits per heavy atom. The number of hydrogen-bond acceptors (Lipinski definition) is 4. The highest BCUT2D eigenvalue weighted by molar-refractivity contribution is 7.89. The highest BCUT2D eigenvalue weighted by Gasteiger charge is 2.31. The zero-order valence-corrected chi connectivity index (χ0v) is 11.9. The minimum Gasteiger partial charge on any atom is -0.379 e. The Morgan fingerprint density at radius 1 is 1.29 bits per heavy atom. The Kier molecular flexibility index (Phi) is 4.90. The molecule has 21 heavy (non-hydrogen) atoms. The molecule has 1 aliphatic rings. The van der Waals surface area contributed by atoms with Crippen molar-refractivity contribution in [1.82, 2.24) is 4.31 Å². The van der Waals surface area contributed by atoms with Crippen LogP contribution in [0.2, 0.25) is 0 Å². The van der Waals surface area contributed by atoms with E-state index in [2.05, 4.69) is 11.8 Å². The van der Waals surface area contributed by atoms with Crippen LogP contribution in [0, 0.1) is 23.5 Å². The van der Waals surface area contributed by atoms with Crippen molar-refractivity contribution in [3.05, 3.63) is 29.3 Å². The number of halogens is 2. The van der Waals surface area contributed by atoms with Crippen LogP contribution in [0.15, 0.2) is 17.0 Å². The van der Waals surface area contributed by atoms with Gasteiger partial charge >= 0.3 is 0 Å². The van der Waals surface area contributed by atoms with E-state index in [0.29, 0.717) is 6.07 Å². The summed E-state index contributed by atoms with van der Waals surface area (Å²) in [5.41, 5.74) is 4.98. The van der Waals surface area contributed by atoms with Gasteiger partial charge in [-0.3, -0.25) is 0 Å². The molecule has 1 aromatic rings. The molecule has 1 fully saturated rings. The summed E-state index contributed by atoms with van der Waals surface area (Å²) in [6.45, 7) is 0.638. The van der Waals surface area contributed by atoms with Crippen molar-refractivity contribution in [2.24, 2.45) is 5.73 Å². The van der Waals surface area contributed by atoms with Gasteiger partial charge in [-0.25, -0.2) is 17.2 Å². The van der Waals surface area contributed by atoms with Gasteiger partial charge in [0.15, 0.2) is 0 Å². The maximum absolute atomic E-state index is 14.0. The van der Waals surface area contributed by atoms with Crippen molar-refractivity contribution in [2.45, 2.75) is 4.90 Å². The molecule has 0 bridgehead atoms. The fraction of sp³-hybridized carbons (Fsp3) is 0.385. The normalized spacial score (nSPS) is 16.3. The molecule has 5 nitrogen and oxygen atoms in total. The van der Waals surface area contributed by atoms with Crippen LogP contribution < -0.4 is 5.73 Å². The number of morpholine rings is 1. The average Bonchev–Trinajstić information content (AvgIpc) is 2.45. The van der Waals surface area contributed by atoms with E-state index in [0.717, 1.165) is 10.4 Å². The van der Waals surface area contributed by atoms with Gasteiger partial charge in [-0.1, -0.05) is 11.8 Å². The molecule has 0 saturated carbocycles. The second-order valence-corrected chi connectivity index (χ2v) is 6.16. The lowest BCUT2D eigenvalue weighted by Crippen LogP contribution is -2.41. The molecule has 1 saturated heterocycles. The second-order valence-electron chi connectivity index (χ2n) is 4.29. The van der Waals surface area contributed by atoms with Gasteiger partial charge in [-0.05, 0) is 6.07 Å². The molecule has 1 aliphatic heterocycles. The van der Waals surface area contributed by atoms with Gasteiger partial charge in [0.1, 0.15) is 16.5 Å². The monoisotopic (exact) mass is 316 g/mol. The number of ether oxygens (including phenoxy) is 1. The summed E-state index contributed by atoms with van der Waals surface area (Å²) in [5.74, 6) is 2.76. The zero-order valence-electron chi connectivity index (χ0n) is 11.1. The molecule has 0 amide bonds. The Bertz CT molecular complexity index is 689. The van der Waals surface area contributed by atoms with Gasteiger partial charge in [0.05, 0.1) is 25.3 Å². The molecule has 0 aromatic heterocycles. The third-order valence-electron chi connectivity index (χ3n) is 2.90. The molecular weight excluding hydrogens is 302 g/mol. The molecule has 0 radical (unpaired) electrons. The Hall–Kier alpha value is -1.53. The summed E-state index contributed by atoms with van der Waals surface area (Å²) in [6.07, 6.45) is 0. The van der Waals surface area contributed by atoms with Crippen molar-refractivity contribution < 1.29 is 21.9 Å². The topological polar surface area (TPSA) is 72.6 Å². The summed E-state index contributed by atoms with van der Waals surface area (Å²) in [5, 5.41) is 0. The van der Waals surface area contributed by atoms with Gasteiger partial charge in [0.25, 0.3) is 0 Å². The Balaban J connectivity index is 2.55. The standard InChI is InChI=1S/C13H14F2N2O3S/c14-11-8-10(2-1-3-16)13(12(15)9-11)21(18,19)17-4-6-20-7-5-17/h8-9H,3-7,16H2. The Labute approximate surface area is 121 Å². The first-order chi connectivity index (χ1) is 9.96. The smallest absolute Gasteiger partial charge is 0.247 e. The van der Waals surface area contributed by atoms with Crippen molar-refractivity contribution in [3.63, 3.8) is 0 Å². The van der Waals surface area contributed by atoms with Crippen LogP contribution in [0.4, 0.5) is 8.78 Å². The van der Waals surface area contributed by atoms with Gasteiger partial charge in [0, 0.05) is 19.2 Å². The number of nitrogens with zero attached hydrogens (tertiary/aromatic N) is 1. The van der Waals surface area contributed by atoms with Crippen molar-refractivity contribution in [3.8, 4) is 11.8 Å². The molecule has 2 rings (SSSR count). The predicted molar refractivity (Wildman–Crippen MR) is 71.9 cm³/mol. The fourth-order valence-corrected chi connectivity index (χ4v) is 3.56. The van der Waals surface area contributed by atoms with Crippen LogP contribution in [-0.2, 0) is 14.8 Å². The van der Waals surface area contributed by atoms with Gasteiger partial charge in [-0.2, -0.15) is 4.31 Å². The third kappa shape index (κ3) is 3.39. The molecule has 0 spiro atoms. The fourth-order valence-electron chi connectivity index (χ4n) is 1.98. The molecule has 8 heteroatoms. The van der Waals surface area contributed by atoms with Crippen LogP contribution in [0.25, 0.3) is 0 Å². The average molecular weight is 316 g/mol. The van der Waals surface area contributed by atoms with Gasteiger partial charge in [-0.15, -0.1) is 0 Å². The molecule has 0 atom stereocenters. The van der Waals surface area contributed by atoms with Crippen LogP contribution in [0.1, 0.15) is 5.56 Å². The lowest BCUT2D eigenvalue weighted by Gasteiger charge is -2.26. The summed E-state index contributed by atoms with van der Waals surface area (Å²) in [7, 11) is -4.10. The summed E-state index contributed by atoms with van der Waals surface area (Å²) < 4.78 is 58.5. The van der Waals surface area contributed by atoms with Gasteiger partial charge < -0.3 is 10.5 Å². The maximum atomic E-state index is 14.0. The number of nitrogens with two attached hydrogens (primary N) is 1. The van der Waals surface area contributed by atoms with E-state index in [1.165, 1.54) is 0 Å². The highest BCUT2D eigenvalue weighted by Crippen LogP contribution is 2.25. The first-order valence-electron chi connectivity index (χ1n) is 6.22. The zero-order chi connectivity index (χ0) is 15.5. The van der Waals surface area contributed by atoms with Crippen LogP contribution >= 0.6 is 0 Å². The van der Waals surface area contributed by atoms with Crippen LogP contribution in [-0.4, -0.2) is 45.6 Å². The summed E-state index contributed by atoms with van der Waals surface area (Å²) >= 11 is 0. The minimum absolute atomic E-state index is 0.0465.